The van der Waals surface area contributed by atoms with E-state index in [0.717, 1.165) is 44.4 Å². The largest absolute Gasteiger partial charge is 0.481 e. The molecule has 0 bridgehead atoms. The number of carboxylic acid groups (broad SMARTS) is 1. The summed E-state index contributed by atoms with van der Waals surface area (Å²) >= 11 is 0. The van der Waals surface area contributed by atoms with Crippen LogP contribution >= 0.6 is 0 Å². The first kappa shape index (κ1) is 32.1. The van der Waals surface area contributed by atoms with Crippen molar-refractivity contribution in [1.29, 1.82) is 0 Å². The molecule has 0 saturated carbocycles. The molecule has 4 atom stereocenters. The predicted octanol–water partition coefficient (Wildman–Crippen LogP) is 6.56. The minimum Gasteiger partial charge on any atom is -0.481 e. The minimum atomic E-state index is -0.903. The number of hydrogen-bond donors (Lipinski definition) is 3. The molecule has 242 valence electrons. The van der Waals surface area contributed by atoms with E-state index in [0.29, 0.717) is 19.5 Å². The number of carbonyl (C=O) groups is 2. The van der Waals surface area contributed by atoms with E-state index in [1.807, 2.05) is 97.3 Å². The Morgan fingerprint density at radius 1 is 0.872 bits per heavy atom. The lowest BCUT2D eigenvalue weighted by molar-refractivity contribution is -0.276. The number of aliphatic hydroxyl groups is 1. The van der Waals surface area contributed by atoms with Gasteiger partial charge in [-0.15, -0.1) is 0 Å². The number of aliphatic hydroxyl groups excluding tert-OH is 1. The monoisotopic (exact) mass is 633 g/mol. The Balaban J connectivity index is 1.22. The van der Waals surface area contributed by atoms with E-state index in [1.54, 1.807) is 0 Å². The molecule has 0 spiro atoms. The molecule has 1 aromatic heterocycles. The van der Waals surface area contributed by atoms with Crippen molar-refractivity contribution < 1.29 is 29.3 Å². The number of imidazole rings is 1. The molecule has 1 fully saturated rings. The number of ether oxygens (including phenoxy) is 2. The first-order valence-electron chi connectivity index (χ1n) is 16.0. The van der Waals surface area contributed by atoms with Crippen LogP contribution in [-0.4, -0.2) is 37.7 Å². The summed E-state index contributed by atoms with van der Waals surface area (Å²) in [5, 5.41) is 21.3. The number of aliphatic carboxylic acids is 1. The Bertz CT molecular complexity index is 1820. The number of aromatic nitrogens is 2. The van der Waals surface area contributed by atoms with Gasteiger partial charge >= 0.3 is 5.97 Å². The lowest BCUT2D eigenvalue weighted by atomic mass is 9.90. The van der Waals surface area contributed by atoms with Crippen molar-refractivity contribution in [2.45, 2.75) is 64.4 Å². The van der Waals surface area contributed by atoms with Gasteiger partial charge in [0, 0.05) is 30.9 Å². The molecule has 6 rings (SSSR count). The zero-order valence-corrected chi connectivity index (χ0v) is 26.3. The fraction of sp³-hybridized carbons (Fsp3) is 0.289. The number of hydrogen-bond acceptors (Lipinski definition) is 6. The number of carbonyl (C=O) groups excluding carboxylic acids is 1. The van der Waals surface area contributed by atoms with Crippen molar-refractivity contribution in [2.24, 2.45) is 5.92 Å². The molecule has 4 aromatic carbocycles. The molecule has 1 amide bonds. The Hall–Kier alpha value is -4.83. The van der Waals surface area contributed by atoms with Crippen molar-refractivity contribution in [3.05, 3.63) is 126 Å². The van der Waals surface area contributed by atoms with Gasteiger partial charge in [0.1, 0.15) is 0 Å². The highest BCUT2D eigenvalue weighted by Gasteiger charge is 2.38. The van der Waals surface area contributed by atoms with Gasteiger partial charge in [0.15, 0.2) is 6.29 Å². The molecule has 4 unspecified atom stereocenters. The van der Waals surface area contributed by atoms with E-state index < -0.39 is 12.3 Å². The predicted molar refractivity (Wildman–Crippen MR) is 178 cm³/mol. The van der Waals surface area contributed by atoms with E-state index in [4.69, 9.17) is 14.6 Å². The highest BCUT2D eigenvalue weighted by Crippen LogP contribution is 2.42. The summed E-state index contributed by atoms with van der Waals surface area (Å²) in [7, 11) is 0. The fourth-order valence-electron chi connectivity index (χ4n) is 6.14. The number of fused-ring (bicyclic) bond motifs is 1. The van der Waals surface area contributed by atoms with Gasteiger partial charge in [0.25, 0.3) is 0 Å². The summed E-state index contributed by atoms with van der Waals surface area (Å²) in [5.41, 5.74) is 7.71. The Morgan fingerprint density at radius 2 is 1.60 bits per heavy atom. The first-order valence-corrected chi connectivity index (χ1v) is 16.0. The minimum absolute atomic E-state index is 0.0158. The van der Waals surface area contributed by atoms with Gasteiger partial charge in [-0.05, 0) is 46.4 Å². The molecule has 2 heterocycles. The molecular formula is C38H39N3O6. The van der Waals surface area contributed by atoms with Gasteiger partial charge in [0.2, 0.25) is 5.91 Å². The number of nitrogens with one attached hydrogen (secondary N) is 1. The summed E-state index contributed by atoms with van der Waals surface area (Å²) in [6.45, 7) is 3.09. The van der Waals surface area contributed by atoms with Crippen LogP contribution in [0.1, 0.15) is 60.8 Å². The molecule has 1 aliphatic heterocycles. The van der Waals surface area contributed by atoms with Crippen LogP contribution < -0.4 is 5.32 Å². The molecule has 9 nitrogen and oxygen atoms in total. The van der Waals surface area contributed by atoms with Crippen LogP contribution in [0.4, 0.5) is 0 Å². The number of para-hydroxylation sites is 2. The smallest absolute Gasteiger partial charge is 0.303 e. The van der Waals surface area contributed by atoms with E-state index in [-0.39, 0.29) is 43.5 Å². The van der Waals surface area contributed by atoms with Crippen LogP contribution in [0.2, 0.25) is 0 Å². The molecule has 5 aromatic rings. The molecule has 0 radical (unpaired) electrons. The highest BCUT2D eigenvalue weighted by atomic mass is 16.7. The quantitative estimate of drug-likeness (QED) is 0.142. The molecule has 0 aliphatic carbocycles. The third-order valence-corrected chi connectivity index (χ3v) is 8.81. The Kier molecular flexibility index (Phi) is 10.1. The van der Waals surface area contributed by atoms with Gasteiger partial charge in [-0.1, -0.05) is 91.9 Å². The van der Waals surface area contributed by atoms with Crippen molar-refractivity contribution in [2.75, 3.05) is 0 Å². The average Bonchev–Trinajstić information content (AvgIpc) is 3.51. The Labute approximate surface area is 273 Å². The topological polar surface area (TPSA) is 123 Å². The van der Waals surface area contributed by atoms with Crippen molar-refractivity contribution >= 4 is 22.9 Å². The fourth-order valence-corrected chi connectivity index (χ4v) is 6.14. The number of nitrogens with zero attached hydrogens (tertiary/aromatic N) is 2. The van der Waals surface area contributed by atoms with Gasteiger partial charge in [0.05, 0.1) is 42.7 Å². The Morgan fingerprint density at radius 3 is 2.36 bits per heavy atom. The zero-order valence-electron chi connectivity index (χ0n) is 26.3. The van der Waals surface area contributed by atoms with E-state index in [2.05, 4.69) is 27.9 Å². The summed E-state index contributed by atoms with van der Waals surface area (Å²) in [6, 6.07) is 32.0. The number of benzene rings is 4. The van der Waals surface area contributed by atoms with Gasteiger partial charge in [-0.3, -0.25) is 9.59 Å². The number of rotatable bonds is 12. The highest BCUT2D eigenvalue weighted by molar-refractivity contribution is 5.77. The molecule has 1 saturated heterocycles. The summed E-state index contributed by atoms with van der Waals surface area (Å²) < 4.78 is 15.5. The lowest BCUT2D eigenvalue weighted by Crippen LogP contribution is -2.39. The van der Waals surface area contributed by atoms with E-state index >= 15 is 0 Å². The SMILES string of the molecule is CC1C(Cn2cnc3ccccc32)OC(c2ccc(-c3ccccc3CNC(=O)CCCC(=O)O)cc2)OC1c1ccc(CO)cc1. The first-order chi connectivity index (χ1) is 22.9. The van der Waals surface area contributed by atoms with Gasteiger partial charge < -0.3 is 29.6 Å². The summed E-state index contributed by atoms with van der Waals surface area (Å²) in [5.74, 6) is -1.05. The second-order valence-corrected chi connectivity index (χ2v) is 12.0. The third-order valence-electron chi connectivity index (χ3n) is 8.81. The van der Waals surface area contributed by atoms with Crippen LogP contribution in [0.5, 0.6) is 0 Å². The van der Waals surface area contributed by atoms with E-state index in [9.17, 15) is 14.7 Å². The number of carboxylic acids is 1. The van der Waals surface area contributed by atoms with Crippen LogP contribution in [0.3, 0.4) is 0 Å². The van der Waals surface area contributed by atoms with Crippen LogP contribution in [0.25, 0.3) is 22.2 Å². The second-order valence-electron chi connectivity index (χ2n) is 12.0. The number of amides is 1. The summed E-state index contributed by atoms with van der Waals surface area (Å²) in [6.07, 6.45) is 1.30. The maximum absolute atomic E-state index is 12.3. The maximum Gasteiger partial charge on any atom is 0.303 e. The van der Waals surface area contributed by atoms with Crippen molar-refractivity contribution in [3.8, 4) is 11.1 Å². The lowest BCUT2D eigenvalue weighted by Gasteiger charge is -2.41. The third kappa shape index (κ3) is 7.60. The van der Waals surface area contributed by atoms with Crippen LogP contribution in [0.15, 0.2) is 103 Å². The van der Waals surface area contributed by atoms with Crippen LogP contribution in [0, 0.1) is 5.92 Å². The molecule has 9 heteroatoms. The zero-order chi connectivity index (χ0) is 32.8. The normalized spacial score (nSPS) is 19.4. The van der Waals surface area contributed by atoms with E-state index in [1.165, 1.54) is 0 Å². The average molecular weight is 634 g/mol. The summed E-state index contributed by atoms with van der Waals surface area (Å²) in [4.78, 5) is 27.6. The molecule has 47 heavy (non-hydrogen) atoms. The van der Waals surface area contributed by atoms with Crippen LogP contribution in [-0.2, 0) is 38.8 Å². The molecule has 1 aliphatic rings. The van der Waals surface area contributed by atoms with Crippen molar-refractivity contribution in [1.82, 2.24) is 14.9 Å². The molecule has 3 N–H and O–H groups in total. The second kappa shape index (κ2) is 14.7. The molecular weight excluding hydrogens is 594 g/mol. The standard InChI is InChI=1S/C38H39N3O6/c1-25-34(22-41-24-40-32-9-4-5-10-33(32)41)46-38(47-37(25)28-15-13-26(23-42)14-16-28)29-19-17-27(18-20-29)31-8-3-2-7-30(31)21-39-35(43)11-6-12-36(44)45/h2-5,7-10,13-20,24-25,34,37-38,42H,6,11-12,21-23H2,1H3,(H,39,43)(H,44,45). The maximum atomic E-state index is 12.3. The van der Waals surface area contributed by atoms with Gasteiger partial charge in [-0.2, -0.15) is 0 Å². The van der Waals surface area contributed by atoms with Gasteiger partial charge in [-0.25, -0.2) is 4.98 Å². The van der Waals surface area contributed by atoms with Crippen molar-refractivity contribution in [3.63, 3.8) is 0 Å².